The Bertz CT molecular complexity index is 356. The lowest BCUT2D eigenvalue weighted by molar-refractivity contribution is 0.238. The van der Waals surface area contributed by atoms with E-state index >= 15 is 0 Å². The molecule has 0 saturated carbocycles. The van der Waals surface area contributed by atoms with Crippen LogP contribution in [0.3, 0.4) is 0 Å². The van der Waals surface area contributed by atoms with Gasteiger partial charge in [-0.25, -0.2) is 4.39 Å². The first-order valence-electron chi connectivity index (χ1n) is 5.12. The van der Waals surface area contributed by atoms with Gasteiger partial charge in [-0.1, -0.05) is 6.07 Å². The summed E-state index contributed by atoms with van der Waals surface area (Å²) in [6.07, 6.45) is 0.937. The minimum Gasteiger partial charge on any atom is -0.396 e. The average Bonchev–Trinajstić information content (AvgIpc) is 2.70. The fourth-order valence-electron chi connectivity index (χ4n) is 2.00. The second-order valence-corrected chi connectivity index (χ2v) is 3.96. The van der Waals surface area contributed by atoms with E-state index in [-0.39, 0.29) is 24.0 Å². The van der Waals surface area contributed by atoms with Gasteiger partial charge in [0.25, 0.3) is 0 Å². The molecule has 0 bridgehead atoms. The van der Waals surface area contributed by atoms with Gasteiger partial charge in [0.15, 0.2) is 0 Å². The van der Waals surface area contributed by atoms with Crippen molar-refractivity contribution in [3.63, 3.8) is 0 Å². The van der Waals surface area contributed by atoms with Crippen LogP contribution in [-0.2, 0) is 0 Å². The van der Waals surface area contributed by atoms with Crippen molar-refractivity contribution < 1.29 is 9.50 Å². The smallest absolute Gasteiger partial charge is 0.148 e. The van der Waals surface area contributed by atoms with Crippen LogP contribution in [0.1, 0.15) is 6.42 Å². The Kier molecular flexibility index (Phi) is 2.77. The first kappa shape index (κ1) is 10.2. The molecule has 0 aromatic heterocycles. The van der Waals surface area contributed by atoms with Gasteiger partial charge in [0, 0.05) is 25.6 Å². The number of aliphatic hydroxyl groups is 1. The van der Waals surface area contributed by atoms with Gasteiger partial charge in [0.2, 0.25) is 0 Å². The molecule has 0 aliphatic carbocycles. The molecule has 3 N–H and O–H groups in total. The lowest BCUT2D eigenvalue weighted by atomic mass is 10.1. The minimum absolute atomic E-state index is 0.186. The van der Waals surface area contributed by atoms with Crippen LogP contribution < -0.4 is 10.6 Å². The maximum absolute atomic E-state index is 13.2. The van der Waals surface area contributed by atoms with Crippen LogP contribution in [0.25, 0.3) is 0 Å². The van der Waals surface area contributed by atoms with Gasteiger partial charge in [-0.15, -0.1) is 0 Å². The molecular weight excluding hydrogens is 195 g/mol. The summed E-state index contributed by atoms with van der Waals surface area (Å²) in [7, 11) is 0. The Hall–Kier alpha value is -1.29. The van der Waals surface area contributed by atoms with Crippen LogP contribution in [0.5, 0.6) is 0 Å². The lowest BCUT2D eigenvalue weighted by Gasteiger charge is -2.20. The Morgan fingerprint density at radius 1 is 1.53 bits per heavy atom. The van der Waals surface area contributed by atoms with Crippen molar-refractivity contribution in [1.82, 2.24) is 0 Å². The first-order valence-corrected chi connectivity index (χ1v) is 5.12. The molecule has 2 rings (SSSR count). The highest BCUT2D eigenvalue weighted by Gasteiger charge is 2.23. The predicted octanol–water partition coefficient (Wildman–Crippen LogP) is 1.23. The summed E-state index contributed by atoms with van der Waals surface area (Å²) < 4.78 is 13.2. The van der Waals surface area contributed by atoms with Crippen molar-refractivity contribution in [3.8, 4) is 0 Å². The summed E-state index contributed by atoms with van der Waals surface area (Å²) in [5.41, 5.74) is 6.62. The van der Waals surface area contributed by atoms with E-state index in [0.717, 1.165) is 25.2 Å². The molecule has 1 aliphatic heterocycles. The topological polar surface area (TPSA) is 49.5 Å². The Morgan fingerprint density at radius 2 is 2.33 bits per heavy atom. The van der Waals surface area contributed by atoms with E-state index in [1.807, 2.05) is 11.0 Å². The normalized spacial score (nSPS) is 20.9. The van der Waals surface area contributed by atoms with E-state index in [9.17, 15) is 4.39 Å². The fraction of sp³-hybridized carbons (Fsp3) is 0.455. The van der Waals surface area contributed by atoms with Crippen LogP contribution >= 0.6 is 0 Å². The van der Waals surface area contributed by atoms with Crippen molar-refractivity contribution >= 4 is 11.4 Å². The Labute approximate surface area is 88.3 Å². The monoisotopic (exact) mass is 210 g/mol. The first-order chi connectivity index (χ1) is 7.22. The number of para-hydroxylation sites is 1. The van der Waals surface area contributed by atoms with Gasteiger partial charge in [-0.05, 0) is 18.6 Å². The molecule has 3 nitrogen and oxygen atoms in total. The molecule has 1 aliphatic rings. The zero-order chi connectivity index (χ0) is 10.8. The summed E-state index contributed by atoms with van der Waals surface area (Å²) in [6.45, 7) is 1.77. The Morgan fingerprint density at radius 3 is 3.00 bits per heavy atom. The van der Waals surface area contributed by atoms with Crippen molar-refractivity contribution in [2.75, 3.05) is 30.3 Å². The number of nitrogens with zero attached hydrogens (tertiary/aromatic N) is 1. The molecule has 1 aromatic rings. The SMILES string of the molecule is Nc1c(F)cccc1N1CCC(CO)C1. The molecule has 1 atom stereocenters. The predicted molar refractivity (Wildman–Crippen MR) is 58.2 cm³/mol. The van der Waals surface area contributed by atoms with E-state index < -0.39 is 0 Å². The van der Waals surface area contributed by atoms with Gasteiger partial charge in [-0.2, -0.15) is 0 Å². The number of halogens is 1. The van der Waals surface area contributed by atoms with Gasteiger partial charge < -0.3 is 15.7 Å². The third kappa shape index (κ3) is 1.90. The number of rotatable bonds is 2. The largest absolute Gasteiger partial charge is 0.396 e. The number of nitrogen functional groups attached to an aromatic ring is 1. The van der Waals surface area contributed by atoms with Gasteiger partial charge >= 0.3 is 0 Å². The van der Waals surface area contributed by atoms with Crippen molar-refractivity contribution in [1.29, 1.82) is 0 Å². The zero-order valence-electron chi connectivity index (χ0n) is 8.49. The van der Waals surface area contributed by atoms with E-state index in [1.54, 1.807) is 6.07 Å². The minimum atomic E-state index is -0.375. The van der Waals surface area contributed by atoms with Gasteiger partial charge in [0.1, 0.15) is 5.82 Å². The van der Waals surface area contributed by atoms with Crippen LogP contribution in [-0.4, -0.2) is 24.8 Å². The third-order valence-corrected chi connectivity index (χ3v) is 2.91. The van der Waals surface area contributed by atoms with Crippen LogP contribution in [0, 0.1) is 11.7 Å². The van der Waals surface area contributed by atoms with Gasteiger partial charge in [0.05, 0.1) is 11.4 Å². The highest BCUT2D eigenvalue weighted by Crippen LogP contribution is 2.30. The molecule has 4 heteroatoms. The number of hydrogen-bond acceptors (Lipinski definition) is 3. The number of aliphatic hydroxyl groups excluding tert-OH is 1. The van der Waals surface area contributed by atoms with Crippen molar-refractivity contribution in [2.24, 2.45) is 5.92 Å². The molecule has 0 radical (unpaired) electrons. The van der Waals surface area contributed by atoms with Crippen LogP contribution in [0.4, 0.5) is 15.8 Å². The molecular formula is C11H15FN2O. The fourth-order valence-corrected chi connectivity index (χ4v) is 2.00. The van der Waals surface area contributed by atoms with E-state index in [0.29, 0.717) is 0 Å². The number of hydrogen-bond donors (Lipinski definition) is 2. The molecule has 0 amide bonds. The highest BCUT2D eigenvalue weighted by atomic mass is 19.1. The molecule has 1 heterocycles. The van der Waals surface area contributed by atoms with Gasteiger partial charge in [-0.3, -0.25) is 0 Å². The summed E-state index contributed by atoms with van der Waals surface area (Å²) in [5, 5.41) is 9.02. The molecule has 1 aromatic carbocycles. The number of anilines is 2. The van der Waals surface area contributed by atoms with E-state index in [2.05, 4.69) is 0 Å². The molecule has 1 fully saturated rings. The summed E-state index contributed by atoms with van der Waals surface area (Å²) in [4.78, 5) is 2.03. The summed E-state index contributed by atoms with van der Waals surface area (Å²) in [6, 6.07) is 4.84. The van der Waals surface area contributed by atoms with E-state index in [4.69, 9.17) is 10.8 Å². The van der Waals surface area contributed by atoms with Crippen molar-refractivity contribution in [2.45, 2.75) is 6.42 Å². The maximum Gasteiger partial charge on any atom is 0.148 e. The molecule has 1 unspecified atom stereocenters. The van der Waals surface area contributed by atoms with E-state index in [1.165, 1.54) is 6.07 Å². The van der Waals surface area contributed by atoms with Crippen LogP contribution in [0.15, 0.2) is 18.2 Å². The quantitative estimate of drug-likeness (QED) is 0.722. The summed E-state index contributed by atoms with van der Waals surface area (Å²) >= 11 is 0. The second-order valence-electron chi connectivity index (χ2n) is 3.96. The average molecular weight is 210 g/mol. The zero-order valence-corrected chi connectivity index (χ0v) is 8.49. The maximum atomic E-state index is 13.2. The second kappa shape index (κ2) is 4.06. The van der Waals surface area contributed by atoms with Crippen LogP contribution in [0.2, 0.25) is 0 Å². The standard InChI is InChI=1S/C11H15FN2O/c12-9-2-1-3-10(11(9)13)14-5-4-8(6-14)7-15/h1-3,8,15H,4-7,13H2. The highest BCUT2D eigenvalue weighted by molar-refractivity contribution is 5.68. The molecule has 0 spiro atoms. The number of nitrogens with two attached hydrogens (primary N) is 1. The molecule has 82 valence electrons. The van der Waals surface area contributed by atoms with Crippen molar-refractivity contribution in [3.05, 3.63) is 24.0 Å². The Balaban J connectivity index is 2.20. The number of benzene rings is 1. The molecule has 15 heavy (non-hydrogen) atoms. The summed E-state index contributed by atoms with van der Waals surface area (Å²) in [5.74, 6) is -0.0902. The third-order valence-electron chi connectivity index (χ3n) is 2.91. The molecule has 1 saturated heterocycles. The lowest BCUT2D eigenvalue weighted by Crippen LogP contribution is -2.22.